The third-order valence-electron chi connectivity index (χ3n) is 1.36. The lowest BCUT2D eigenvalue weighted by molar-refractivity contribution is 0.601. The Kier molecular flexibility index (Phi) is 1.69. The first-order chi connectivity index (χ1) is 5.68. The van der Waals surface area contributed by atoms with E-state index < -0.39 is 0 Å². The quantitative estimate of drug-likeness (QED) is 0.726. The van der Waals surface area contributed by atoms with Crippen molar-refractivity contribution in [3.8, 4) is 0 Å². The summed E-state index contributed by atoms with van der Waals surface area (Å²) in [6.45, 7) is 0. The van der Waals surface area contributed by atoms with Gasteiger partial charge in [-0.1, -0.05) is 11.6 Å². The standard InChI is InChI=1S/C6H3BrClN3O/c7-2-1-12-5-3(2)4(8)10-6(9)11-5/h1H,(H2,9,10,11). The van der Waals surface area contributed by atoms with Crippen molar-refractivity contribution in [2.45, 2.75) is 0 Å². The van der Waals surface area contributed by atoms with E-state index in [9.17, 15) is 0 Å². The average Bonchev–Trinajstić information content (AvgIpc) is 2.31. The van der Waals surface area contributed by atoms with Crippen LogP contribution in [-0.2, 0) is 0 Å². The van der Waals surface area contributed by atoms with Crippen LogP contribution in [0.5, 0.6) is 0 Å². The van der Waals surface area contributed by atoms with E-state index in [0.717, 1.165) is 4.47 Å². The third kappa shape index (κ3) is 1.05. The molecule has 4 nitrogen and oxygen atoms in total. The molecule has 2 heterocycles. The van der Waals surface area contributed by atoms with E-state index in [0.29, 0.717) is 11.1 Å². The topological polar surface area (TPSA) is 64.9 Å². The summed E-state index contributed by atoms with van der Waals surface area (Å²) in [7, 11) is 0. The van der Waals surface area contributed by atoms with Crippen LogP contribution in [0.15, 0.2) is 15.2 Å². The lowest BCUT2D eigenvalue weighted by Gasteiger charge is -1.93. The molecular formula is C6H3BrClN3O. The van der Waals surface area contributed by atoms with Crippen LogP contribution in [0.3, 0.4) is 0 Å². The van der Waals surface area contributed by atoms with Gasteiger partial charge < -0.3 is 10.2 Å². The molecule has 0 spiro atoms. The zero-order valence-electron chi connectivity index (χ0n) is 5.71. The molecule has 0 aliphatic heterocycles. The summed E-state index contributed by atoms with van der Waals surface area (Å²) in [6.07, 6.45) is 1.49. The monoisotopic (exact) mass is 247 g/mol. The molecule has 2 N–H and O–H groups in total. The second-order valence-electron chi connectivity index (χ2n) is 2.14. The Morgan fingerprint density at radius 1 is 1.50 bits per heavy atom. The van der Waals surface area contributed by atoms with Gasteiger partial charge in [0.2, 0.25) is 11.7 Å². The summed E-state index contributed by atoms with van der Waals surface area (Å²) in [5, 5.41) is 0.934. The zero-order chi connectivity index (χ0) is 8.72. The van der Waals surface area contributed by atoms with Gasteiger partial charge in [0.25, 0.3) is 0 Å². The Hall–Kier alpha value is -0.810. The van der Waals surface area contributed by atoms with Gasteiger partial charge in [0.05, 0.1) is 9.86 Å². The van der Waals surface area contributed by atoms with Crippen molar-refractivity contribution in [3.63, 3.8) is 0 Å². The third-order valence-corrected chi connectivity index (χ3v) is 2.22. The van der Waals surface area contributed by atoms with Crippen molar-refractivity contribution in [2.24, 2.45) is 0 Å². The highest BCUT2D eigenvalue weighted by atomic mass is 79.9. The second-order valence-corrected chi connectivity index (χ2v) is 3.35. The van der Waals surface area contributed by atoms with Gasteiger partial charge >= 0.3 is 0 Å². The van der Waals surface area contributed by atoms with Gasteiger partial charge in [-0.15, -0.1) is 0 Å². The summed E-state index contributed by atoms with van der Waals surface area (Å²) >= 11 is 9.03. The van der Waals surface area contributed by atoms with Gasteiger partial charge in [0.1, 0.15) is 11.4 Å². The van der Waals surface area contributed by atoms with E-state index in [1.54, 1.807) is 0 Å². The molecule has 0 saturated heterocycles. The van der Waals surface area contributed by atoms with Gasteiger partial charge in [0.15, 0.2) is 0 Å². The van der Waals surface area contributed by atoms with E-state index in [1.807, 2.05) is 0 Å². The molecule has 0 aliphatic carbocycles. The normalized spacial score (nSPS) is 10.8. The lowest BCUT2D eigenvalue weighted by atomic mass is 10.4. The van der Waals surface area contributed by atoms with Crippen LogP contribution in [0.25, 0.3) is 11.1 Å². The van der Waals surface area contributed by atoms with Gasteiger partial charge in [-0.05, 0) is 15.9 Å². The lowest BCUT2D eigenvalue weighted by Crippen LogP contribution is -1.94. The molecular weight excluding hydrogens is 245 g/mol. The number of furan rings is 1. The average molecular weight is 248 g/mol. The van der Waals surface area contributed by atoms with Crippen LogP contribution in [0.1, 0.15) is 0 Å². The summed E-state index contributed by atoms with van der Waals surface area (Å²) < 4.78 is 5.77. The highest BCUT2D eigenvalue weighted by Crippen LogP contribution is 2.30. The maximum atomic E-state index is 5.79. The highest BCUT2D eigenvalue weighted by Gasteiger charge is 2.10. The molecule has 2 rings (SSSR count). The first-order valence-electron chi connectivity index (χ1n) is 3.04. The van der Waals surface area contributed by atoms with Crippen LogP contribution in [0.4, 0.5) is 5.95 Å². The Balaban J connectivity index is 2.93. The van der Waals surface area contributed by atoms with Crippen LogP contribution >= 0.6 is 27.5 Å². The first kappa shape index (κ1) is 7.82. The molecule has 0 amide bonds. The van der Waals surface area contributed by atoms with Crippen molar-refractivity contribution in [1.82, 2.24) is 9.97 Å². The molecule has 0 bridgehead atoms. The summed E-state index contributed by atoms with van der Waals surface area (Å²) in [5.74, 6) is 0.106. The molecule has 6 heteroatoms. The Morgan fingerprint density at radius 2 is 2.25 bits per heavy atom. The molecule has 2 aromatic heterocycles. The summed E-state index contributed by atoms with van der Waals surface area (Å²) in [6, 6.07) is 0. The van der Waals surface area contributed by atoms with Gasteiger partial charge in [-0.3, -0.25) is 0 Å². The molecule has 2 aromatic rings. The maximum absolute atomic E-state index is 5.79. The zero-order valence-corrected chi connectivity index (χ0v) is 8.06. The maximum Gasteiger partial charge on any atom is 0.233 e. The van der Waals surface area contributed by atoms with Crippen molar-refractivity contribution in [3.05, 3.63) is 15.9 Å². The summed E-state index contributed by atoms with van der Waals surface area (Å²) in [5.41, 5.74) is 5.74. The molecule has 0 unspecified atom stereocenters. The largest absolute Gasteiger partial charge is 0.445 e. The Bertz CT molecular complexity index is 442. The molecule has 0 fully saturated rings. The summed E-state index contributed by atoms with van der Waals surface area (Å²) in [4.78, 5) is 7.62. The predicted octanol–water partition coefficient (Wildman–Crippen LogP) is 2.22. The number of nitrogen functional groups attached to an aromatic ring is 1. The first-order valence-corrected chi connectivity index (χ1v) is 4.21. The minimum atomic E-state index is 0.106. The van der Waals surface area contributed by atoms with E-state index in [2.05, 4.69) is 25.9 Å². The predicted molar refractivity (Wildman–Crippen MR) is 48.9 cm³/mol. The fourth-order valence-electron chi connectivity index (χ4n) is 0.882. The van der Waals surface area contributed by atoms with Gasteiger partial charge in [0, 0.05) is 0 Å². The SMILES string of the molecule is Nc1nc(Cl)c2c(Br)coc2n1. The number of hydrogen-bond donors (Lipinski definition) is 1. The minimum absolute atomic E-state index is 0.106. The number of halogens is 2. The molecule has 12 heavy (non-hydrogen) atoms. The van der Waals surface area contributed by atoms with Crippen LogP contribution < -0.4 is 5.73 Å². The number of nitrogens with two attached hydrogens (primary N) is 1. The molecule has 0 aliphatic rings. The number of hydrogen-bond acceptors (Lipinski definition) is 4. The minimum Gasteiger partial charge on any atom is -0.445 e. The number of aromatic nitrogens is 2. The van der Waals surface area contributed by atoms with Gasteiger partial charge in [-0.2, -0.15) is 4.98 Å². The fourth-order valence-corrected chi connectivity index (χ4v) is 1.72. The van der Waals surface area contributed by atoms with Crippen LogP contribution in [0.2, 0.25) is 5.15 Å². The number of nitrogens with zero attached hydrogens (tertiary/aromatic N) is 2. The van der Waals surface area contributed by atoms with E-state index in [-0.39, 0.29) is 11.1 Å². The molecule has 0 aromatic carbocycles. The number of anilines is 1. The van der Waals surface area contributed by atoms with E-state index >= 15 is 0 Å². The van der Waals surface area contributed by atoms with Crippen molar-refractivity contribution >= 4 is 44.6 Å². The smallest absolute Gasteiger partial charge is 0.233 e. The van der Waals surface area contributed by atoms with E-state index in [4.69, 9.17) is 21.8 Å². The van der Waals surface area contributed by atoms with E-state index in [1.165, 1.54) is 6.26 Å². The number of rotatable bonds is 0. The van der Waals surface area contributed by atoms with Crippen molar-refractivity contribution in [1.29, 1.82) is 0 Å². The van der Waals surface area contributed by atoms with Gasteiger partial charge in [-0.25, -0.2) is 4.98 Å². The molecule has 0 atom stereocenters. The molecule has 62 valence electrons. The molecule has 0 radical (unpaired) electrons. The number of fused-ring (bicyclic) bond motifs is 1. The highest BCUT2D eigenvalue weighted by molar-refractivity contribution is 9.10. The van der Waals surface area contributed by atoms with Crippen LogP contribution in [-0.4, -0.2) is 9.97 Å². The fraction of sp³-hybridized carbons (Fsp3) is 0. The Labute approximate surface area is 80.9 Å². The Morgan fingerprint density at radius 3 is 3.00 bits per heavy atom. The van der Waals surface area contributed by atoms with Crippen molar-refractivity contribution in [2.75, 3.05) is 5.73 Å². The van der Waals surface area contributed by atoms with Crippen molar-refractivity contribution < 1.29 is 4.42 Å². The molecule has 0 saturated carbocycles. The van der Waals surface area contributed by atoms with Crippen LogP contribution in [0, 0.1) is 0 Å². The second kappa shape index (κ2) is 2.60.